The summed E-state index contributed by atoms with van der Waals surface area (Å²) in [7, 11) is 0. The number of nitrogens with zero attached hydrogens (tertiary/aromatic N) is 1. The SMILES string of the molecule is O=C(OCc1ccccc1)N1C2C=C(c3ccc(Cl)c(F)c3)CC1COC2. The van der Waals surface area contributed by atoms with Crippen LogP contribution in [-0.2, 0) is 16.1 Å². The van der Waals surface area contributed by atoms with Gasteiger partial charge in [-0.3, -0.25) is 4.90 Å². The molecule has 2 bridgehead atoms. The summed E-state index contributed by atoms with van der Waals surface area (Å²) in [6.07, 6.45) is 2.19. The standard InChI is InChI=1S/C21H19ClFNO3/c22-19-7-6-15(10-20(19)23)16-8-17-12-26-13-18(9-16)24(17)21(25)27-11-14-4-2-1-3-5-14/h1-8,10,17-18H,9,11-13H2. The molecule has 2 unspecified atom stereocenters. The van der Waals surface area contributed by atoms with Crippen LogP contribution in [0.1, 0.15) is 17.5 Å². The summed E-state index contributed by atoms with van der Waals surface area (Å²) in [5.74, 6) is -0.443. The van der Waals surface area contributed by atoms with Crippen LogP contribution in [-0.4, -0.2) is 36.3 Å². The molecule has 0 N–H and O–H groups in total. The zero-order valence-corrected chi connectivity index (χ0v) is 15.4. The van der Waals surface area contributed by atoms with Crippen molar-refractivity contribution in [3.8, 4) is 0 Å². The van der Waals surface area contributed by atoms with Crippen molar-refractivity contribution < 1.29 is 18.7 Å². The second-order valence-electron chi connectivity index (χ2n) is 6.73. The highest BCUT2D eigenvalue weighted by molar-refractivity contribution is 6.30. The number of carbonyl (C=O) groups excluding carboxylic acids is 1. The number of carbonyl (C=O) groups is 1. The maximum Gasteiger partial charge on any atom is 0.411 e. The zero-order valence-electron chi connectivity index (χ0n) is 14.6. The van der Waals surface area contributed by atoms with Crippen LogP contribution in [0.4, 0.5) is 9.18 Å². The van der Waals surface area contributed by atoms with E-state index in [1.807, 2.05) is 36.4 Å². The minimum Gasteiger partial charge on any atom is -0.445 e. The van der Waals surface area contributed by atoms with Crippen molar-refractivity contribution in [3.05, 3.63) is 76.6 Å². The molecule has 4 nitrogen and oxygen atoms in total. The number of rotatable bonds is 3. The minimum absolute atomic E-state index is 0.102. The van der Waals surface area contributed by atoms with E-state index in [2.05, 4.69) is 0 Å². The van der Waals surface area contributed by atoms with Crippen molar-refractivity contribution >= 4 is 23.3 Å². The van der Waals surface area contributed by atoms with Gasteiger partial charge in [-0.05, 0) is 35.3 Å². The van der Waals surface area contributed by atoms with Gasteiger partial charge in [-0.2, -0.15) is 0 Å². The molecular weight excluding hydrogens is 369 g/mol. The number of hydrogen-bond acceptors (Lipinski definition) is 3. The van der Waals surface area contributed by atoms with Gasteiger partial charge in [0, 0.05) is 0 Å². The van der Waals surface area contributed by atoms with E-state index in [0.29, 0.717) is 19.6 Å². The fourth-order valence-corrected chi connectivity index (χ4v) is 3.70. The monoisotopic (exact) mass is 387 g/mol. The lowest BCUT2D eigenvalue weighted by Gasteiger charge is -2.43. The summed E-state index contributed by atoms with van der Waals surface area (Å²) in [5.41, 5.74) is 2.72. The molecule has 0 aromatic heterocycles. The second-order valence-corrected chi connectivity index (χ2v) is 7.14. The second kappa shape index (κ2) is 7.71. The van der Waals surface area contributed by atoms with E-state index in [4.69, 9.17) is 21.1 Å². The first-order valence-corrected chi connectivity index (χ1v) is 9.22. The molecule has 4 rings (SSSR count). The van der Waals surface area contributed by atoms with E-state index in [9.17, 15) is 9.18 Å². The summed E-state index contributed by atoms with van der Waals surface area (Å²) in [4.78, 5) is 14.4. The van der Waals surface area contributed by atoms with Gasteiger partial charge in [0.05, 0.1) is 30.3 Å². The Morgan fingerprint density at radius 1 is 1.22 bits per heavy atom. The first-order valence-electron chi connectivity index (χ1n) is 8.84. The van der Waals surface area contributed by atoms with Gasteiger partial charge in [-0.1, -0.05) is 54.1 Å². The number of ether oxygens (including phenoxy) is 2. The third-order valence-corrected chi connectivity index (χ3v) is 5.21. The van der Waals surface area contributed by atoms with Crippen LogP contribution >= 0.6 is 11.6 Å². The van der Waals surface area contributed by atoms with Gasteiger partial charge >= 0.3 is 6.09 Å². The number of halogens is 2. The molecule has 0 aliphatic carbocycles. The van der Waals surface area contributed by atoms with Gasteiger partial charge in [0.15, 0.2) is 0 Å². The Balaban J connectivity index is 1.51. The number of fused-ring (bicyclic) bond motifs is 2. The van der Waals surface area contributed by atoms with Crippen LogP contribution < -0.4 is 0 Å². The van der Waals surface area contributed by atoms with Crippen LogP contribution in [0, 0.1) is 5.82 Å². The summed E-state index contributed by atoms with van der Waals surface area (Å²) >= 11 is 5.78. The molecule has 2 heterocycles. The molecule has 0 radical (unpaired) electrons. The first-order chi connectivity index (χ1) is 13.1. The predicted molar refractivity (Wildman–Crippen MR) is 101 cm³/mol. The summed E-state index contributed by atoms with van der Waals surface area (Å²) in [5, 5.41) is 0.102. The quantitative estimate of drug-likeness (QED) is 0.768. The average Bonchev–Trinajstić information content (AvgIpc) is 2.68. The Labute approximate surface area is 162 Å². The number of morpholine rings is 1. The molecule has 0 saturated carbocycles. The van der Waals surface area contributed by atoms with Gasteiger partial charge in [-0.25, -0.2) is 9.18 Å². The highest BCUT2D eigenvalue weighted by Crippen LogP contribution is 2.34. The van der Waals surface area contributed by atoms with E-state index in [1.165, 1.54) is 6.07 Å². The van der Waals surface area contributed by atoms with Gasteiger partial charge < -0.3 is 9.47 Å². The Morgan fingerprint density at radius 3 is 2.78 bits per heavy atom. The van der Waals surface area contributed by atoms with Crippen LogP contribution in [0.3, 0.4) is 0 Å². The first kappa shape index (κ1) is 18.0. The maximum absolute atomic E-state index is 13.8. The Kier molecular flexibility index (Phi) is 5.14. The van der Waals surface area contributed by atoms with Crippen molar-refractivity contribution in [2.45, 2.75) is 25.1 Å². The van der Waals surface area contributed by atoms with E-state index in [1.54, 1.807) is 17.0 Å². The van der Waals surface area contributed by atoms with Crippen LogP contribution in [0.5, 0.6) is 0 Å². The van der Waals surface area contributed by atoms with E-state index < -0.39 is 5.82 Å². The topological polar surface area (TPSA) is 38.8 Å². The normalized spacial score (nSPS) is 21.6. The van der Waals surface area contributed by atoms with Crippen LogP contribution in [0.15, 0.2) is 54.6 Å². The number of benzene rings is 2. The van der Waals surface area contributed by atoms with Gasteiger partial charge in [-0.15, -0.1) is 0 Å². The van der Waals surface area contributed by atoms with Gasteiger partial charge in [0.2, 0.25) is 0 Å². The van der Waals surface area contributed by atoms with Crippen LogP contribution in [0.2, 0.25) is 5.02 Å². The Morgan fingerprint density at radius 2 is 2.04 bits per heavy atom. The summed E-state index contributed by atoms with van der Waals surface area (Å²) in [6, 6.07) is 14.0. The molecule has 6 heteroatoms. The fraction of sp³-hybridized carbons (Fsp3) is 0.286. The Hall–Kier alpha value is -2.37. The fourth-order valence-electron chi connectivity index (χ4n) is 3.58. The van der Waals surface area contributed by atoms with Crippen molar-refractivity contribution in [2.75, 3.05) is 13.2 Å². The molecule has 1 saturated heterocycles. The lowest BCUT2D eigenvalue weighted by atomic mass is 9.90. The lowest BCUT2D eigenvalue weighted by Crippen LogP contribution is -2.56. The van der Waals surface area contributed by atoms with E-state index in [0.717, 1.165) is 16.7 Å². The minimum atomic E-state index is -0.443. The average molecular weight is 388 g/mol. The summed E-state index contributed by atoms with van der Waals surface area (Å²) in [6.45, 7) is 1.07. The number of amides is 1. The zero-order chi connectivity index (χ0) is 18.8. The van der Waals surface area contributed by atoms with Crippen molar-refractivity contribution in [3.63, 3.8) is 0 Å². The van der Waals surface area contributed by atoms with Gasteiger partial charge in [0.25, 0.3) is 0 Å². The van der Waals surface area contributed by atoms with Crippen molar-refractivity contribution in [2.24, 2.45) is 0 Å². The highest BCUT2D eigenvalue weighted by Gasteiger charge is 2.39. The highest BCUT2D eigenvalue weighted by atomic mass is 35.5. The van der Waals surface area contributed by atoms with E-state index >= 15 is 0 Å². The number of hydrogen-bond donors (Lipinski definition) is 0. The molecule has 1 amide bonds. The molecule has 1 fully saturated rings. The molecule has 2 aromatic carbocycles. The summed E-state index contributed by atoms with van der Waals surface area (Å²) < 4.78 is 24.9. The molecule has 2 aliphatic rings. The van der Waals surface area contributed by atoms with Gasteiger partial charge in [0.1, 0.15) is 12.4 Å². The molecule has 2 aromatic rings. The smallest absolute Gasteiger partial charge is 0.411 e. The molecule has 2 atom stereocenters. The molecule has 27 heavy (non-hydrogen) atoms. The maximum atomic E-state index is 13.8. The Bertz CT molecular complexity index is 871. The van der Waals surface area contributed by atoms with E-state index in [-0.39, 0.29) is 29.8 Å². The van der Waals surface area contributed by atoms with Crippen LogP contribution in [0.25, 0.3) is 5.57 Å². The van der Waals surface area contributed by atoms with Crippen molar-refractivity contribution in [1.82, 2.24) is 4.90 Å². The largest absolute Gasteiger partial charge is 0.445 e. The third kappa shape index (κ3) is 3.84. The molecule has 0 spiro atoms. The molecule has 140 valence electrons. The predicted octanol–water partition coefficient (Wildman–Crippen LogP) is 4.67. The molecular formula is C21H19ClFNO3. The lowest BCUT2D eigenvalue weighted by molar-refractivity contribution is -0.0342. The third-order valence-electron chi connectivity index (χ3n) is 4.90. The van der Waals surface area contributed by atoms with Crippen molar-refractivity contribution in [1.29, 1.82) is 0 Å². The molecule has 2 aliphatic heterocycles.